The van der Waals surface area contributed by atoms with E-state index in [0.29, 0.717) is 0 Å². The van der Waals surface area contributed by atoms with Crippen LogP contribution in [-0.2, 0) is 0 Å². The Kier molecular flexibility index (Phi) is 6.23. The largest absolute Gasteiger partial charge is 0.389 e. The maximum absolute atomic E-state index is 13.2. The monoisotopic (exact) mass is 291 g/mol. The lowest BCUT2D eigenvalue weighted by Crippen LogP contribution is -2.16. The second-order valence-electron chi connectivity index (χ2n) is 3.43. The Morgan fingerprint density at radius 2 is 1.88 bits per heavy atom. The smallest absolute Gasteiger partial charge is 0.324 e. The van der Waals surface area contributed by atoms with Crippen molar-refractivity contribution in [3.8, 4) is 0 Å². The third-order valence-corrected chi connectivity index (χ3v) is 2.33. The molecule has 0 aromatic heterocycles. The summed E-state index contributed by atoms with van der Waals surface area (Å²) in [6.45, 7) is 0. The summed E-state index contributed by atoms with van der Waals surface area (Å²) < 4.78 is 49.0. The third kappa shape index (κ3) is 5.57. The van der Waals surface area contributed by atoms with Crippen LogP contribution in [0, 0.1) is 5.82 Å². The van der Waals surface area contributed by atoms with E-state index in [1.165, 1.54) is 12.1 Å². The molecule has 0 saturated carbocycles. The van der Waals surface area contributed by atoms with Crippen LogP contribution >= 0.6 is 24.0 Å². The normalized spacial score (nSPS) is 13.1. The molecule has 1 rings (SSSR count). The molecule has 1 atom stereocenters. The van der Waals surface area contributed by atoms with Gasteiger partial charge in [0.25, 0.3) is 0 Å². The summed E-state index contributed by atoms with van der Waals surface area (Å²) in [4.78, 5) is 0. The summed E-state index contributed by atoms with van der Waals surface area (Å²) in [6, 6.07) is 2.65. The molecule has 0 heterocycles. The molecule has 1 aromatic carbocycles. The quantitative estimate of drug-likeness (QED) is 0.828. The zero-order chi connectivity index (χ0) is 12.3. The van der Waals surface area contributed by atoms with Crippen molar-refractivity contribution in [3.63, 3.8) is 0 Å². The summed E-state index contributed by atoms with van der Waals surface area (Å²) in [5.41, 5.74) is 5.48. The summed E-state index contributed by atoms with van der Waals surface area (Å²) >= 11 is 5.61. The summed E-state index contributed by atoms with van der Waals surface area (Å²) in [7, 11) is 0. The number of alkyl halides is 3. The van der Waals surface area contributed by atoms with E-state index in [9.17, 15) is 17.6 Å². The maximum Gasteiger partial charge on any atom is 0.389 e. The number of hydrogen-bond acceptors (Lipinski definition) is 1. The van der Waals surface area contributed by atoms with E-state index in [2.05, 4.69) is 0 Å². The van der Waals surface area contributed by atoms with Crippen molar-refractivity contribution in [1.29, 1.82) is 0 Å². The average molecular weight is 292 g/mol. The second-order valence-corrected chi connectivity index (χ2v) is 3.86. The van der Waals surface area contributed by atoms with E-state index in [4.69, 9.17) is 17.3 Å². The minimum atomic E-state index is -4.29. The minimum Gasteiger partial charge on any atom is -0.324 e. The lowest BCUT2D eigenvalue weighted by atomic mass is 10.0. The SMILES string of the molecule is Cl.N[C@H](CCC(F)(F)F)c1cc(Cl)ccc1F. The first kappa shape index (κ1) is 16.5. The second kappa shape index (κ2) is 6.42. The number of nitrogens with two attached hydrogens (primary N) is 1. The van der Waals surface area contributed by atoms with Crippen LogP contribution in [0.15, 0.2) is 18.2 Å². The molecule has 17 heavy (non-hydrogen) atoms. The van der Waals surface area contributed by atoms with Crippen molar-refractivity contribution < 1.29 is 17.6 Å². The van der Waals surface area contributed by atoms with Crippen molar-refractivity contribution in [2.24, 2.45) is 5.73 Å². The Balaban J connectivity index is 0.00000256. The molecular weight excluding hydrogens is 281 g/mol. The zero-order valence-corrected chi connectivity index (χ0v) is 10.2. The van der Waals surface area contributed by atoms with Crippen LogP contribution in [-0.4, -0.2) is 6.18 Å². The van der Waals surface area contributed by atoms with Gasteiger partial charge in [-0.1, -0.05) is 11.6 Å². The van der Waals surface area contributed by atoms with Gasteiger partial charge < -0.3 is 5.73 Å². The van der Waals surface area contributed by atoms with Crippen LogP contribution in [0.2, 0.25) is 5.02 Å². The maximum atomic E-state index is 13.2. The van der Waals surface area contributed by atoms with E-state index in [1.807, 2.05) is 0 Å². The van der Waals surface area contributed by atoms with Gasteiger partial charge in [-0.2, -0.15) is 13.2 Å². The van der Waals surface area contributed by atoms with Gasteiger partial charge in [0.2, 0.25) is 0 Å². The lowest BCUT2D eigenvalue weighted by molar-refractivity contribution is -0.136. The molecular formula is C10H11Cl2F4N. The highest BCUT2D eigenvalue weighted by molar-refractivity contribution is 6.30. The molecule has 1 aromatic rings. The number of benzene rings is 1. The van der Waals surface area contributed by atoms with Gasteiger partial charge in [-0.15, -0.1) is 12.4 Å². The van der Waals surface area contributed by atoms with E-state index in [1.54, 1.807) is 0 Å². The predicted octanol–water partition coefficient (Wildman–Crippen LogP) is 4.24. The molecule has 0 aliphatic carbocycles. The van der Waals surface area contributed by atoms with Gasteiger partial charge in [-0.3, -0.25) is 0 Å². The van der Waals surface area contributed by atoms with Crippen molar-refractivity contribution in [2.45, 2.75) is 25.1 Å². The fraction of sp³-hybridized carbons (Fsp3) is 0.400. The van der Waals surface area contributed by atoms with Crippen molar-refractivity contribution in [2.75, 3.05) is 0 Å². The first-order valence-electron chi connectivity index (χ1n) is 4.57. The first-order valence-corrected chi connectivity index (χ1v) is 4.94. The topological polar surface area (TPSA) is 26.0 Å². The molecule has 0 radical (unpaired) electrons. The molecule has 0 fully saturated rings. The van der Waals surface area contributed by atoms with Crippen molar-refractivity contribution in [3.05, 3.63) is 34.6 Å². The Hall–Kier alpha value is -0.520. The fourth-order valence-electron chi connectivity index (χ4n) is 1.27. The van der Waals surface area contributed by atoms with Crippen molar-refractivity contribution >= 4 is 24.0 Å². The molecule has 0 spiro atoms. The van der Waals surface area contributed by atoms with E-state index < -0.39 is 24.5 Å². The molecule has 0 unspecified atom stereocenters. The fourth-order valence-corrected chi connectivity index (χ4v) is 1.45. The van der Waals surface area contributed by atoms with Crippen LogP contribution in [0.1, 0.15) is 24.4 Å². The first-order chi connectivity index (χ1) is 7.29. The van der Waals surface area contributed by atoms with Crippen LogP contribution in [0.3, 0.4) is 0 Å². The predicted molar refractivity (Wildman–Crippen MR) is 60.9 cm³/mol. The molecule has 0 amide bonds. The number of halogens is 6. The summed E-state index contributed by atoms with van der Waals surface area (Å²) in [6.07, 6.45) is -5.69. The van der Waals surface area contributed by atoms with Crippen LogP contribution < -0.4 is 5.73 Å². The average Bonchev–Trinajstić information content (AvgIpc) is 2.17. The van der Waals surface area contributed by atoms with Gasteiger partial charge in [-0.25, -0.2) is 4.39 Å². The third-order valence-electron chi connectivity index (χ3n) is 2.10. The highest BCUT2D eigenvalue weighted by atomic mass is 35.5. The highest BCUT2D eigenvalue weighted by Gasteiger charge is 2.28. The summed E-state index contributed by atoms with van der Waals surface area (Å²) in [5.74, 6) is -0.640. The van der Waals surface area contributed by atoms with Gasteiger partial charge in [0.05, 0.1) is 0 Å². The van der Waals surface area contributed by atoms with Gasteiger partial charge in [0, 0.05) is 23.0 Å². The van der Waals surface area contributed by atoms with Gasteiger partial charge >= 0.3 is 6.18 Å². The van der Waals surface area contributed by atoms with Crippen LogP contribution in [0.5, 0.6) is 0 Å². The Morgan fingerprint density at radius 1 is 1.29 bits per heavy atom. The molecule has 98 valence electrons. The molecule has 0 saturated heterocycles. The number of hydrogen-bond donors (Lipinski definition) is 1. The summed E-state index contributed by atoms with van der Waals surface area (Å²) in [5, 5.41) is 0.249. The standard InChI is InChI=1S/C10H10ClF4N.ClH/c11-6-1-2-8(12)7(5-6)9(16)3-4-10(13,14)15;/h1-2,5,9H,3-4,16H2;1H/t9-;/m1./s1. The molecule has 0 aliphatic heterocycles. The Morgan fingerprint density at radius 3 is 2.41 bits per heavy atom. The Bertz CT molecular complexity index is 368. The Labute approximate surface area is 107 Å². The molecule has 0 aliphatic rings. The molecule has 1 nitrogen and oxygen atoms in total. The highest BCUT2D eigenvalue weighted by Crippen LogP contribution is 2.28. The van der Waals surface area contributed by atoms with Crippen molar-refractivity contribution in [1.82, 2.24) is 0 Å². The number of rotatable bonds is 3. The molecule has 0 bridgehead atoms. The molecule has 2 N–H and O–H groups in total. The minimum absolute atomic E-state index is 0. The van der Waals surface area contributed by atoms with Gasteiger partial charge in [-0.05, 0) is 24.6 Å². The van der Waals surface area contributed by atoms with Crippen LogP contribution in [0.25, 0.3) is 0 Å². The lowest BCUT2D eigenvalue weighted by Gasteiger charge is -2.14. The van der Waals surface area contributed by atoms with Gasteiger partial charge in [0.15, 0.2) is 0 Å². The van der Waals surface area contributed by atoms with Gasteiger partial charge in [0.1, 0.15) is 5.82 Å². The van der Waals surface area contributed by atoms with E-state index >= 15 is 0 Å². The van der Waals surface area contributed by atoms with E-state index in [0.717, 1.165) is 6.07 Å². The zero-order valence-electron chi connectivity index (χ0n) is 8.60. The van der Waals surface area contributed by atoms with Crippen LogP contribution in [0.4, 0.5) is 17.6 Å². The van der Waals surface area contributed by atoms with E-state index in [-0.39, 0.29) is 29.4 Å². The molecule has 7 heteroatoms.